The van der Waals surface area contributed by atoms with Gasteiger partial charge in [0.2, 0.25) is 27.7 Å². The van der Waals surface area contributed by atoms with Gasteiger partial charge in [-0.1, -0.05) is 65.0 Å². The molecule has 1 saturated heterocycles. The molecule has 0 spiro atoms. The van der Waals surface area contributed by atoms with Crippen molar-refractivity contribution in [1.29, 1.82) is 0 Å². The number of aromatic nitrogens is 1. The van der Waals surface area contributed by atoms with Gasteiger partial charge < -0.3 is 5.32 Å². The fourth-order valence-corrected chi connectivity index (χ4v) is 8.61. The molecule has 2 aliphatic rings. The Balaban J connectivity index is 1.35. The topological polar surface area (TPSA) is 149 Å². The maximum Gasteiger partial charge on any atom is 0.308 e. The van der Waals surface area contributed by atoms with E-state index >= 15 is 0 Å². The van der Waals surface area contributed by atoms with Gasteiger partial charge in [0.05, 0.1) is 21.5 Å². The summed E-state index contributed by atoms with van der Waals surface area (Å²) in [6.07, 6.45) is 0. The van der Waals surface area contributed by atoms with E-state index in [-0.39, 0.29) is 17.3 Å². The average Bonchev–Trinajstić information content (AvgIpc) is 3.40. The van der Waals surface area contributed by atoms with Crippen molar-refractivity contribution < 1.29 is 22.8 Å². The summed E-state index contributed by atoms with van der Waals surface area (Å²) in [5.74, 6) is -2.64. The normalized spacial score (nSPS) is 19.9. The summed E-state index contributed by atoms with van der Waals surface area (Å²) in [5, 5.41) is 7.89. The number of nitrogens with zero attached hydrogens (tertiary/aromatic N) is 2. The lowest BCUT2D eigenvalue weighted by molar-refractivity contribution is -0.122. The van der Waals surface area contributed by atoms with Crippen molar-refractivity contribution in [2.75, 3.05) is 10.2 Å². The van der Waals surface area contributed by atoms with E-state index in [1.165, 1.54) is 33.7 Å². The first-order valence-electron chi connectivity index (χ1n) is 12.5. The van der Waals surface area contributed by atoms with E-state index in [9.17, 15) is 27.6 Å². The van der Waals surface area contributed by atoms with E-state index in [0.29, 0.717) is 26.3 Å². The molecule has 42 heavy (non-hydrogen) atoms. The second kappa shape index (κ2) is 10.8. The second-order valence-electron chi connectivity index (χ2n) is 9.68. The van der Waals surface area contributed by atoms with E-state index in [0.717, 1.165) is 28.7 Å². The van der Waals surface area contributed by atoms with E-state index in [1.54, 1.807) is 24.3 Å². The van der Waals surface area contributed by atoms with Crippen LogP contribution < -0.4 is 20.2 Å². The van der Waals surface area contributed by atoms with Crippen LogP contribution >= 0.6 is 34.7 Å². The Hall–Kier alpha value is -3.75. The van der Waals surface area contributed by atoms with E-state index in [4.69, 9.17) is 16.7 Å². The molecule has 0 saturated carbocycles. The number of imide groups is 1. The molecule has 0 radical (unpaired) electrons. The zero-order valence-electron chi connectivity index (χ0n) is 21.5. The van der Waals surface area contributed by atoms with Gasteiger partial charge in [-0.25, -0.2) is 18.5 Å². The Labute approximate surface area is 253 Å². The fraction of sp³-hybridized carbons (Fsp3) is 0.143. The molecule has 3 aromatic carbocycles. The van der Waals surface area contributed by atoms with Crippen molar-refractivity contribution in [1.82, 2.24) is 4.57 Å². The van der Waals surface area contributed by atoms with Gasteiger partial charge in [0.25, 0.3) is 0 Å². The number of benzene rings is 3. The summed E-state index contributed by atoms with van der Waals surface area (Å²) >= 11 is 8.09. The Kier molecular flexibility index (Phi) is 7.31. The lowest BCUT2D eigenvalue weighted by Crippen LogP contribution is -2.33. The molecule has 214 valence electrons. The Bertz CT molecular complexity index is 1890. The number of primary sulfonamides is 1. The van der Waals surface area contributed by atoms with Crippen molar-refractivity contribution in [3.8, 4) is 0 Å². The second-order valence-corrected chi connectivity index (χ2v) is 13.8. The molecule has 3 heterocycles. The number of thiazole rings is 1. The van der Waals surface area contributed by atoms with E-state index < -0.39 is 43.8 Å². The lowest BCUT2D eigenvalue weighted by Gasteiger charge is -2.30. The van der Waals surface area contributed by atoms with Gasteiger partial charge in [-0.2, -0.15) is 0 Å². The molecule has 0 bridgehead atoms. The van der Waals surface area contributed by atoms with Crippen LogP contribution in [0.15, 0.2) is 93.6 Å². The fourth-order valence-electron chi connectivity index (χ4n) is 5.19. The third-order valence-electron chi connectivity index (χ3n) is 7.06. The minimum Gasteiger partial charge on any atom is -0.325 e. The summed E-state index contributed by atoms with van der Waals surface area (Å²) in [7, 11) is -3.89. The van der Waals surface area contributed by atoms with Crippen LogP contribution in [-0.2, 0) is 31.0 Å². The van der Waals surface area contributed by atoms with Gasteiger partial charge in [-0.15, -0.1) is 0 Å². The molecular weight excluding hydrogens is 620 g/mol. The van der Waals surface area contributed by atoms with Gasteiger partial charge in [0.1, 0.15) is 11.8 Å². The smallest absolute Gasteiger partial charge is 0.308 e. The zero-order chi connectivity index (χ0) is 29.8. The summed E-state index contributed by atoms with van der Waals surface area (Å²) < 4.78 is 24.3. The third-order valence-corrected chi connectivity index (χ3v) is 10.8. The molecule has 6 rings (SSSR count). The third kappa shape index (κ3) is 5.07. The monoisotopic (exact) mass is 640 g/mol. The van der Waals surface area contributed by atoms with Crippen LogP contribution in [0.2, 0.25) is 5.02 Å². The summed E-state index contributed by atoms with van der Waals surface area (Å²) in [6.45, 7) is -0.351. The highest BCUT2D eigenvalue weighted by molar-refractivity contribution is 8.00. The predicted molar refractivity (Wildman–Crippen MR) is 160 cm³/mol. The number of hydrogen-bond acceptors (Lipinski definition) is 8. The summed E-state index contributed by atoms with van der Waals surface area (Å²) in [4.78, 5) is 55.1. The minimum absolute atomic E-state index is 0.107. The zero-order valence-corrected chi connectivity index (χ0v) is 24.7. The highest BCUT2D eigenvalue weighted by atomic mass is 35.5. The molecule has 3 N–H and O–H groups in total. The molecule has 10 nitrogen and oxygen atoms in total. The molecule has 0 aliphatic carbocycles. The number of amides is 3. The number of nitrogens with two attached hydrogens (primary N) is 1. The first-order valence-corrected chi connectivity index (χ1v) is 16.2. The molecule has 1 fully saturated rings. The van der Waals surface area contributed by atoms with Crippen LogP contribution in [0.25, 0.3) is 0 Å². The van der Waals surface area contributed by atoms with Crippen LogP contribution in [0.1, 0.15) is 16.4 Å². The number of rotatable bonds is 6. The molecule has 2 aliphatic heterocycles. The minimum atomic E-state index is -3.89. The maximum atomic E-state index is 13.9. The molecule has 1 aromatic heterocycles. The maximum absolute atomic E-state index is 13.9. The predicted octanol–water partition coefficient (Wildman–Crippen LogP) is 3.65. The summed E-state index contributed by atoms with van der Waals surface area (Å²) in [5.41, 5.74) is 1.50. The SMILES string of the molecule is NS(=O)(=O)c1ccc(NC(=O)Cn2c3c(sc2=O)[C@@H](c2ccccc2)[C@H]2C(=O)N(c4ccc(Cl)cc4)C(=O)[C@H]2S3)cc1. The first-order chi connectivity index (χ1) is 20.0. The molecular formula is C28H21ClN4O6S3. The van der Waals surface area contributed by atoms with Gasteiger partial charge in [-0.05, 0) is 54.1 Å². The van der Waals surface area contributed by atoms with Crippen molar-refractivity contribution >= 4 is 73.8 Å². The van der Waals surface area contributed by atoms with Gasteiger partial charge in [0.15, 0.2) is 0 Å². The molecule has 0 unspecified atom stereocenters. The van der Waals surface area contributed by atoms with Crippen LogP contribution in [0.4, 0.5) is 11.4 Å². The number of hydrogen-bond donors (Lipinski definition) is 2. The molecule has 14 heteroatoms. The number of thioether (sulfide) groups is 1. The van der Waals surface area contributed by atoms with E-state index in [1.807, 2.05) is 30.3 Å². The standard InChI is InChI=1S/C28H21ClN4O6S3/c29-16-6-10-18(11-7-16)33-25(35)22-21(15-4-2-1-3-5-15)24-27(40-23(22)26(33)36)32(28(37)41-24)14-20(34)31-17-8-12-19(13-9-17)42(30,38)39/h1-13,21-23H,14H2,(H,31,34)(H2,30,38,39)/t21-,22+,23-/m0/s1. The van der Waals surface area contributed by atoms with Crippen molar-refractivity contribution in [2.45, 2.75) is 27.6 Å². The Morgan fingerprint density at radius 2 is 1.60 bits per heavy atom. The van der Waals surface area contributed by atoms with Gasteiger partial charge in [-0.3, -0.25) is 23.7 Å². The number of carbonyl (C=O) groups is 3. The quantitative estimate of drug-likeness (QED) is 0.306. The number of anilines is 2. The van der Waals surface area contributed by atoms with Crippen LogP contribution in [0.3, 0.4) is 0 Å². The van der Waals surface area contributed by atoms with Gasteiger partial charge >= 0.3 is 4.87 Å². The van der Waals surface area contributed by atoms with Crippen LogP contribution in [-0.4, -0.2) is 36.0 Å². The largest absolute Gasteiger partial charge is 0.325 e. The summed E-state index contributed by atoms with van der Waals surface area (Å²) in [6, 6.07) is 21.0. The number of fused-ring (bicyclic) bond motifs is 2. The highest BCUT2D eigenvalue weighted by Crippen LogP contribution is 2.53. The molecule has 4 aromatic rings. The number of sulfonamides is 1. The number of carbonyl (C=O) groups excluding carboxylic acids is 3. The van der Waals surface area contributed by atoms with Crippen molar-refractivity contribution in [3.63, 3.8) is 0 Å². The average molecular weight is 641 g/mol. The van der Waals surface area contributed by atoms with Crippen LogP contribution in [0, 0.1) is 5.92 Å². The lowest BCUT2D eigenvalue weighted by atomic mass is 9.83. The van der Waals surface area contributed by atoms with Crippen LogP contribution in [0.5, 0.6) is 0 Å². The van der Waals surface area contributed by atoms with Crippen molar-refractivity contribution in [2.24, 2.45) is 11.1 Å². The number of halogens is 1. The number of nitrogens with one attached hydrogen (secondary N) is 1. The van der Waals surface area contributed by atoms with E-state index in [2.05, 4.69) is 5.32 Å². The molecule has 3 atom stereocenters. The van der Waals surface area contributed by atoms with Crippen molar-refractivity contribution in [3.05, 3.63) is 104 Å². The van der Waals surface area contributed by atoms with Gasteiger partial charge in [0, 0.05) is 21.5 Å². The molecule has 3 amide bonds. The Morgan fingerprint density at radius 3 is 2.24 bits per heavy atom. The first kappa shape index (κ1) is 28.4. The Morgan fingerprint density at radius 1 is 0.929 bits per heavy atom. The highest BCUT2D eigenvalue weighted by Gasteiger charge is 2.56.